The van der Waals surface area contributed by atoms with Crippen LogP contribution in [0.5, 0.6) is 0 Å². The van der Waals surface area contributed by atoms with Gasteiger partial charge in [-0.1, -0.05) is 30.3 Å². The second kappa shape index (κ2) is 8.98. The van der Waals surface area contributed by atoms with Crippen molar-refractivity contribution >= 4 is 16.8 Å². The molecule has 1 N–H and O–H groups in total. The van der Waals surface area contributed by atoms with Crippen molar-refractivity contribution in [3.63, 3.8) is 0 Å². The molecule has 0 aliphatic heterocycles. The molecule has 170 valence electrons. The zero-order valence-corrected chi connectivity index (χ0v) is 19.6. The fraction of sp³-hybridized carbons (Fsp3) is 0.179. The average molecular weight is 450 g/mol. The minimum atomic E-state index is -0.164. The van der Waals surface area contributed by atoms with Gasteiger partial charge in [0.05, 0.1) is 29.0 Å². The smallest absolute Gasteiger partial charge is 0.252 e. The highest BCUT2D eigenvalue weighted by Crippen LogP contribution is 2.28. The first-order valence-corrected chi connectivity index (χ1v) is 11.5. The number of hydrogen-bond acceptors (Lipinski definition) is 3. The summed E-state index contributed by atoms with van der Waals surface area (Å²) in [5.41, 5.74) is 6.22. The van der Waals surface area contributed by atoms with Crippen LogP contribution in [0.15, 0.2) is 85.3 Å². The number of pyridine rings is 1. The molecule has 1 amide bonds. The molecule has 0 spiro atoms. The molecule has 6 nitrogen and oxygen atoms in total. The molecule has 3 heterocycles. The molecular weight excluding hydrogens is 422 g/mol. The number of nitrogens with one attached hydrogen (secondary N) is 1. The largest absolute Gasteiger partial charge is 0.345 e. The Morgan fingerprint density at radius 2 is 1.82 bits per heavy atom. The summed E-state index contributed by atoms with van der Waals surface area (Å²) in [6.07, 6.45) is 5.85. The lowest BCUT2D eigenvalue weighted by Gasteiger charge is -2.17. The first-order valence-electron chi connectivity index (χ1n) is 11.5. The summed E-state index contributed by atoms with van der Waals surface area (Å²) in [5.74, 6) is -0.126. The van der Waals surface area contributed by atoms with Gasteiger partial charge in [0.2, 0.25) is 0 Å². The van der Waals surface area contributed by atoms with E-state index in [4.69, 9.17) is 4.98 Å². The van der Waals surface area contributed by atoms with E-state index < -0.39 is 0 Å². The summed E-state index contributed by atoms with van der Waals surface area (Å²) in [4.78, 5) is 18.4. The monoisotopic (exact) mass is 449 g/mol. The first kappa shape index (κ1) is 21.6. The van der Waals surface area contributed by atoms with Crippen molar-refractivity contribution < 1.29 is 4.79 Å². The molecule has 0 aliphatic rings. The maximum absolute atomic E-state index is 13.5. The fourth-order valence-electron chi connectivity index (χ4n) is 4.34. The lowest BCUT2D eigenvalue weighted by molar-refractivity contribution is 0.0941. The molecule has 0 fully saturated rings. The highest BCUT2D eigenvalue weighted by Gasteiger charge is 2.18. The van der Waals surface area contributed by atoms with Crippen LogP contribution in [0.25, 0.3) is 27.8 Å². The summed E-state index contributed by atoms with van der Waals surface area (Å²) >= 11 is 0. The highest BCUT2D eigenvalue weighted by molar-refractivity contribution is 6.07. The van der Waals surface area contributed by atoms with Gasteiger partial charge in [-0.15, -0.1) is 0 Å². The highest BCUT2D eigenvalue weighted by atomic mass is 16.1. The summed E-state index contributed by atoms with van der Waals surface area (Å²) in [6, 6.07) is 21.7. The van der Waals surface area contributed by atoms with E-state index in [0.29, 0.717) is 5.56 Å². The number of aromatic nitrogens is 4. The number of aryl methyl sites for hydroxylation is 1. The number of benzene rings is 2. The van der Waals surface area contributed by atoms with Crippen molar-refractivity contribution in [1.82, 2.24) is 24.6 Å². The number of carbonyl (C=O) groups excluding carboxylic acids is 1. The van der Waals surface area contributed by atoms with Crippen molar-refractivity contribution in [1.29, 1.82) is 0 Å². The van der Waals surface area contributed by atoms with Gasteiger partial charge in [0, 0.05) is 41.3 Å². The van der Waals surface area contributed by atoms with E-state index in [2.05, 4.69) is 34.0 Å². The topological polar surface area (TPSA) is 64.7 Å². The van der Waals surface area contributed by atoms with Gasteiger partial charge in [-0.2, -0.15) is 5.10 Å². The second-order valence-electron chi connectivity index (χ2n) is 8.41. The number of amides is 1. The van der Waals surface area contributed by atoms with E-state index in [1.807, 2.05) is 91.7 Å². The number of para-hydroxylation sites is 1. The van der Waals surface area contributed by atoms with Crippen LogP contribution in [0.1, 0.15) is 41.5 Å². The second-order valence-corrected chi connectivity index (χ2v) is 8.41. The summed E-state index contributed by atoms with van der Waals surface area (Å²) in [7, 11) is 0. The van der Waals surface area contributed by atoms with E-state index in [-0.39, 0.29) is 11.9 Å². The summed E-state index contributed by atoms with van der Waals surface area (Å²) in [5, 5.41) is 8.48. The van der Waals surface area contributed by atoms with Gasteiger partial charge in [-0.3, -0.25) is 9.48 Å². The third kappa shape index (κ3) is 3.99. The average Bonchev–Trinajstić information content (AvgIpc) is 3.53. The Labute approximate surface area is 198 Å². The molecule has 1 atom stereocenters. The predicted octanol–water partition coefficient (Wildman–Crippen LogP) is 5.71. The van der Waals surface area contributed by atoms with Gasteiger partial charge in [0.25, 0.3) is 5.91 Å². The molecule has 0 aliphatic carbocycles. The van der Waals surface area contributed by atoms with Crippen LogP contribution in [0.2, 0.25) is 0 Å². The molecule has 0 radical (unpaired) electrons. The number of fused-ring (bicyclic) bond motifs is 1. The Morgan fingerprint density at radius 3 is 2.59 bits per heavy atom. The minimum absolute atomic E-state index is 0.126. The fourth-order valence-corrected chi connectivity index (χ4v) is 4.34. The van der Waals surface area contributed by atoms with Gasteiger partial charge < -0.3 is 9.88 Å². The van der Waals surface area contributed by atoms with Crippen LogP contribution >= 0.6 is 0 Å². The van der Waals surface area contributed by atoms with E-state index in [9.17, 15) is 4.79 Å². The molecular formula is C28H27N5O. The first-order chi connectivity index (χ1) is 16.5. The van der Waals surface area contributed by atoms with Crippen LogP contribution in [0, 0.1) is 6.92 Å². The van der Waals surface area contributed by atoms with Crippen molar-refractivity contribution in [2.45, 2.75) is 33.4 Å². The molecule has 0 bridgehead atoms. The zero-order chi connectivity index (χ0) is 23.7. The molecule has 34 heavy (non-hydrogen) atoms. The zero-order valence-electron chi connectivity index (χ0n) is 19.6. The van der Waals surface area contributed by atoms with Crippen LogP contribution in [-0.4, -0.2) is 25.2 Å². The molecule has 0 saturated carbocycles. The molecule has 0 saturated heterocycles. The van der Waals surface area contributed by atoms with Gasteiger partial charge in [0.1, 0.15) is 0 Å². The minimum Gasteiger partial charge on any atom is -0.345 e. The van der Waals surface area contributed by atoms with Crippen LogP contribution in [0.4, 0.5) is 0 Å². The number of nitrogens with zero attached hydrogens (tertiary/aromatic N) is 4. The maximum Gasteiger partial charge on any atom is 0.252 e. The molecule has 3 aromatic heterocycles. The Morgan fingerprint density at radius 1 is 1.03 bits per heavy atom. The normalized spacial score (nSPS) is 12.1. The van der Waals surface area contributed by atoms with Gasteiger partial charge >= 0.3 is 0 Å². The van der Waals surface area contributed by atoms with Crippen LogP contribution < -0.4 is 5.32 Å². The Hall–Kier alpha value is -4.19. The Balaban J connectivity index is 1.49. The van der Waals surface area contributed by atoms with Crippen molar-refractivity contribution in [3.05, 3.63) is 102 Å². The summed E-state index contributed by atoms with van der Waals surface area (Å²) in [6.45, 7) is 6.88. The third-order valence-corrected chi connectivity index (χ3v) is 6.26. The van der Waals surface area contributed by atoms with Gasteiger partial charge in [-0.05, 0) is 62.7 Å². The van der Waals surface area contributed by atoms with E-state index in [0.717, 1.165) is 45.6 Å². The lowest BCUT2D eigenvalue weighted by atomic mass is 10.0. The van der Waals surface area contributed by atoms with Crippen molar-refractivity contribution in [2.75, 3.05) is 0 Å². The van der Waals surface area contributed by atoms with Gasteiger partial charge in [0.15, 0.2) is 0 Å². The van der Waals surface area contributed by atoms with E-state index in [1.54, 1.807) is 0 Å². The number of carbonyl (C=O) groups is 1. The molecule has 2 aromatic carbocycles. The molecule has 1 unspecified atom stereocenters. The Bertz CT molecular complexity index is 1470. The van der Waals surface area contributed by atoms with Crippen LogP contribution in [0.3, 0.4) is 0 Å². The third-order valence-electron chi connectivity index (χ3n) is 6.26. The number of hydrogen-bond donors (Lipinski definition) is 1. The van der Waals surface area contributed by atoms with Crippen molar-refractivity contribution in [2.24, 2.45) is 0 Å². The van der Waals surface area contributed by atoms with E-state index >= 15 is 0 Å². The van der Waals surface area contributed by atoms with Gasteiger partial charge in [-0.25, -0.2) is 4.98 Å². The molecule has 5 aromatic rings. The standard InChI is InChI=1S/C28H27N5O/c1-4-33-20(3)25(18-29-33)27-17-24(23-12-5-6-13-26(23)31-27)28(34)30-19(2)21-10-9-11-22(16-21)32-14-7-8-15-32/h5-19H,4H2,1-3H3,(H,30,34). The maximum atomic E-state index is 13.5. The lowest BCUT2D eigenvalue weighted by Crippen LogP contribution is -2.27. The van der Waals surface area contributed by atoms with Crippen molar-refractivity contribution in [3.8, 4) is 16.9 Å². The quantitative estimate of drug-likeness (QED) is 0.361. The SMILES string of the molecule is CCn1ncc(-c2cc(C(=O)NC(C)c3cccc(-n4cccc4)c3)c3ccccc3n2)c1C. The van der Waals surface area contributed by atoms with E-state index in [1.165, 1.54) is 0 Å². The molecule has 5 rings (SSSR count). The summed E-state index contributed by atoms with van der Waals surface area (Å²) < 4.78 is 3.99. The van der Waals surface area contributed by atoms with Crippen LogP contribution in [-0.2, 0) is 6.54 Å². The molecule has 6 heteroatoms. The Kier molecular flexibility index (Phi) is 5.72. The predicted molar refractivity (Wildman–Crippen MR) is 135 cm³/mol. The number of rotatable bonds is 6.